The van der Waals surface area contributed by atoms with Gasteiger partial charge in [-0.2, -0.15) is 5.06 Å². The Hall–Kier alpha value is -1.18. The molecule has 7 heteroatoms. The van der Waals surface area contributed by atoms with E-state index in [1.165, 1.54) is 5.06 Å². The normalized spacial score (nSPS) is 41.7. The summed E-state index contributed by atoms with van der Waals surface area (Å²) in [5.74, 6) is -0.0691. The molecule has 1 saturated heterocycles. The van der Waals surface area contributed by atoms with Crippen LogP contribution in [0.25, 0.3) is 0 Å². The van der Waals surface area contributed by atoms with Gasteiger partial charge in [-0.1, -0.05) is 12.8 Å². The molecule has 4 atom stereocenters. The van der Waals surface area contributed by atoms with E-state index in [4.69, 9.17) is 0 Å². The van der Waals surface area contributed by atoms with Gasteiger partial charge in [0, 0.05) is 23.5 Å². The Labute approximate surface area is 109 Å². The molecule has 2 N–H and O–H groups in total. The fraction of sp³-hybridized carbons (Fsp3) is 0.833. The number of aliphatic hydroxyl groups is 1. The molecule has 104 valence electrons. The summed E-state index contributed by atoms with van der Waals surface area (Å²) < 4.78 is 4.66. The molecule has 0 amide bonds. The van der Waals surface area contributed by atoms with Crippen molar-refractivity contribution in [1.82, 2.24) is 10.2 Å². The van der Waals surface area contributed by atoms with Crippen LogP contribution in [-0.2, 0) is 12.0 Å². The minimum absolute atomic E-state index is 0.0356. The maximum Gasteiger partial charge on any atom is 0.254 e. The molecule has 4 rings (SSSR count). The summed E-state index contributed by atoms with van der Waals surface area (Å²) in [7, 11) is 0. The first-order valence-electron chi connectivity index (χ1n) is 6.92. The molecule has 2 heterocycles. The second-order valence-electron chi connectivity index (χ2n) is 5.94. The summed E-state index contributed by atoms with van der Waals surface area (Å²) in [6.45, 7) is 0. The first-order chi connectivity index (χ1) is 9.14. The van der Waals surface area contributed by atoms with Crippen LogP contribution >= 0.6 is 0 Å². The van der Waals surface area contributed by atoms with E-state index < -0.39 is 5.60 Å². The summed E-state index contributed by atoms with van der Waals surface area (Å²) in [5.41, 5.74) is -0.488. The van der Waals surface area contributed by atoms with Gasteiger partial charge in [0.2, 0.25) is 5.69 Å². The van der Waals surface area contributed by atoms with E-state index >= 15 is 0 Å². The lowest BCUT2D eigenvalue weighted by Gasteiger charge is -2.35. The lowest BCUT2D eigenvalue weighted by atomic mass is 9.70. The van der Waals surface area contributed by atoms with Gasteiger partial charge in [-0.3, -0.25) is 4.63 Å². The first-order valence-corrected chi connectivity index (χ1v) is 6.92. The molecular weight excluding hydrogens is 250 g/mol. The molecule has 3 aliphatic rings. The summed E-state index contributed by atoms with van der Waals surface area (Å²) in [6, 6.07) is -0.412. The van der Waals surface area contributed by atoms with Crippen LogP contribution in [0.15, 0.2) is 4.63 Å². The van der Waals surface area contributed by atoms with Crippen LogP contribution in [0.2, 0.25) is 0 Å². The second-order valence-corrected chi connectivity index (χ2v) is 5.94. The summed E-state index contributed by atoms with van der Waals surface area (Å²) in [4.78, 5) is 0.390. The van der Waals surface area contributed by atoms with Gasteiger partial charge in [-0.05, 0) is 24.2 Å². The molecule has 1 aromatic rings. The monoisotopic (exact) mass is 267 g/mol. The number of aromatic nitrogens is 2. The van der Waals surface area contributed by atoms with Gasteiger partial charge >= 0.3 is 0 Å². The first kappa shape index (κ1) is 11.6. The molecule has 2 fully saturated rings. The zero-order valence-corrected chi connectivity index (χ0v) is 10.5. The van der Waals surface area contributed by atoms with Crippen molar-refractivity contribution in [1.29, 1.82) is 0 Å². The molecule has 0 unspecified atom stereocenters. The number of nitrogens with zero attached hydrogens (tertiary/aromatic N) is 3. The number of hydrogen-bond acceptors (Lipinski definition) is 6. The van der Waals surface area contributed by atoms with Gasteiger partial charge in [-0.15, -0.1) is 0 Å². The largest absolute Gasteiger partial charge is 0.379 e. The summed E-state index contributed by atoms with van der Waals surface area (Å²) in [5, 5.41) is 38.1. The quantitative estimate of drug-likeness (QED) is 0.646. The van der Waals surface area contributed by atoms with Crippen LogP contribution in [-0.4, -0.2) is 32.6 Å². The topological polar surface area (TPSA) is 96.7 Å². The van der Waals surface area contributed by atoms with Gasteiger partial charge in [0.05, 0.1) is 6.04 Å². The van der Waals surface area contributed by atoms with Crippen molar-refractivity contribution in [2.75, 3.05) is 0 Å². The molecular formula is C12H17N3O4. The van der Waals surface area contributed by atoms with Crippen molar-refractivity contribution < 1.29 is 19.8 Å². The lowest BCUT2D eigenvalue weighted by Crippen LogP contribution is -2.49. The molecule has 1 saturated carbocycles. The minimum Gasteiger partial charge on any atom is -0.379 e. The molecule has 0 bridgehead atoms. The van der Waals surface area contributed by atoms with Crippen molar-refractivity contribution in [2.45, 2.75) is 56.2 Å². The molecule has 1 aromatic heterocycles. The SMILES string of the molecule is [O-][n+]1onc2c1CC[C@@H]1N(O)[C@H]3CCCC[C@H]3[C@]21O. The Kier molecular flexibility index (Phi) is 2.25. The highest BCUT2D eigenvalue weighted by Gasteiger charge is 2.65. The molecule has 1 aliphatic heterocycles. The Balaban J connectivity index is 1.86. The molecule has 7 nitrogen and oxygen atoms in total. The van der Waals surface area contributed by atoms with Gasteiger partial charge in [0.15, 0.2) is 5.60 Å². The van der Waals surface area contributed by atoms with Crippen LogP contribution in [0.1, 0.15) is 43.5 Å². The van der Waals surface area contributed by atoms with Gasteiger partial charge in [0.25, 0.3) is 5.69 Å². The van der Waals surface area contributed by atoms with Crippen LogP contribution in [0.5, 0.6) is 0 Å². The second kappa shape index (κ2) is 3.68. The van der Waals surface area contributed by atoms with Gasteiger partial charge in [0.1, 0.15) is 0 Å². The van der Waals surface area contributed by atoms with Crippen molar-refractivity contribution >= 4 is 0 Å². The van der Waals surface area contributed by atoms with Gasteiger partial charge in [-0.25, -0.2) is 0 Å². The summed E-state index contributed by atoms with van der Waals surface area (Å²) >= 11 is 0. The van der Waals surface area contributed by atoms with Crippen molar-refractivity contribution in [3.05, 3.63) is 16.6 Å². The highest BCUT2D eigenvalue weighted by Crippen LogP contribution is 2.53. The molecule has 19 heavy (non-hydrogen) atoms. The Bertz CT molecular complexity index is 519. The van der Waals surface area contributed by atoms with Crippen LogP contribution < -0.4 is 4.90 Å². The molecule has 0 spiro atoms. The Morgan fingerprint density at radius 1 is 1.37 bits per heavy atom. The zero-order valence-electron chi connectivity index (χ0n) is 10.5. The maximum atomic E-state index is 11.5. The standard InChI is InChI=1S/C12H17N3O4/c16-12-7-3-1-2-4-8(7)14(17)10(12)6-5-9-11(12)13-19-15(9)18/h7-8,10,16-17H,1-6H2/t7-,8+,10+,12-/m1/s1. The number of fused-ring (bicyclic) bond motifs is 5. The van der Waals surface area contributed by atoms with Crippen LogP contribution in [0.4, 0.5) is 0 Å². The fourth-order valence-corrected chi connectivity index (χ4v) is 4.36. The average molecular weight is 267 g/mol. The molecule has 2 aliphatic carbocycles. The number of rotatable bonds is 0. The summed E-state index contributed by atoms with van der Waals surface area (Å²) in [6.07, 6.45) is 4.86. The smallest absolute Gasteiger partial charge is 0.254 e. The van der Waals surface area contributed by atoms with Crippen molar-refractivity contribution in [2.24, 2.45) is 5.92 Å². The maximum absolute atomic E-state index is 11.5. The van der Waals surface area contributed by atoms with E-state index in [-0.39, 0.29) is 18.0 Å². The van der Waals surface area contributed by atoms with Crippen molar-refractivity contribution in [3.8, 4) is 0 Å². The Morgan fingerprint density at radius 3 is 3.00 bits per heavy atom. The zero-order chi connectivity index (χ0) is 13.2. The number of hydroxylamine groups is 2. The average Bonchev–Trinajstić information content (AvgIpc) is 2.90. The van der Waals surface area contributed by atoms with Crippen LogP contribution in [0.3, 0.4) is 0 Å². The van der Waals surface area contributed by atoms with Crippen molar-refractivity contribution in [3.63, 3.8) is 0 Å². The van der Waals surface area contributed by atoms with Gasteiger partial charge < -0.3 is 15.5 Å². The Morgan fingerprint density at radius 2 is 2.16 bits per heavy atom. The van der Waals surface area contributed by atoms with E-state index in [9.17, 15) is 15.5 Å². The van der Waals surface area contributed by atoms with E-state index in [0.717, 1.165) is 25.7 Å². The van der Waals surface area contributed by atoms with Crippen LogP contribution in [0, 0.1) is 11.1 Å². The third-order valence-corrected chi connectivity index (χ3v) is 5.20. The lowest BCUT2D eigenvalue weighted by molar-refractivity contribution is -0.808. The third kappa shape index (κ3) is 1.28. The number of hydrogen-bond donors (Lipinski definition) is 2. The van der Waals surface area contributed by atoms with E-state index in [1.807, 2.05) is 0 Å². The fourth-order valence-electron chi connectivity index (χ4n) is 4.36. The molecule has 0 aromatic carbocycles. The van der Waals surface area contributed by atoms with E-state index in [2.05, 4.69) is 9.79 Å². The highest BCUT2D eigenvalue weighted by atomic mass is 16.8. The minimum atomic E-state index is -1.24. The van der Waals surface area contributed by atoms with E-state index in [1.54, 1.807) is 0 Å². The van der Waals surface area contributed by atoms with E-state index in [0.29, 0.717) is 29.1 Å². The third-order valence-electron chi connectivity index (χ3n) is 5.20. The highest BCUT2D eigenvalue weighted by molar-refractivity contribution is 5.27. The predicted octanol–water partition coefficient (Wildman–Crippen LogP) is 0.0740. The molecule has 0 radical (unpaired) electrons. The predicted molar refractivity (Wildman–Crippen MR) is 60.8 cm³/mol.